The highest BCUT2D eigenvalue weighted by molar-refractivity contribution is 5.79. The van der Waals surface area contributed by atoms with E-state index >= 15 is 0 Å². The van der Waals surface area contributed by atoms with Crippen molar-refractivity contribution in [1.29, 1.82) is 0 Å². The minimum absolute atomic E-state index is 0.871. The summed E-state index contributed by atoms with van der Waals surface area (Å²) >= 11 is 0. The highest BCUT2D eigenvalue weighted by Crippen LogP contribution is 2.15. The van der Waals surface area contributed by atoms with Gasteiger partial charge in [0, 0.05) is 26.7 Å². The number of piperidine rings is 1. The van der Waals surface area contributed by atoms with E-state index in [0.717, 1.165) is 37.1 Å². The molecule has 0 spiro atoms. The van der Waals surface area contributed by atoms with Crippen molar-refractivity contribution in [2.75, 3.05) is 46.9 Å². The predicted molar refractivity (Wildman–Crippen MR) is 110 cm³/mol. The van der Waals surface area contributed by atoms with Crippen LogP contribution in [0.1, 0.15) is 38.2 Å². The number of unbranched alkanes of at least 4 members (excludes halogenated alkanes) is 1. The summed E-state index contributed by atoms with van der Waals surface area (Å²) in [4.78, 5) is 6.93. The van der Waals surface area contributed by atoms with Gasteiger partial charge in [0.1, 0.15) is 5.75 Å². The first-order chi connectivity index (χ1) is 12.7. The van der Waals surface area contributed by atoms with Gasteiger partial charge in [0.2, 0.25) is 0 Å². The van der Waals surface area contributed by atoms with Gasteiger partial charge in [-0.05, 0) is 68.8 Å². The number of hydrogen-bond acceptors (Lipinski definition) is 3. The monoisotopic (exact) mass is 360 g/mol. The first-order valence-corrected chi connectivity index (χ1v) is 10.0. The lowest BCUT2D eigenvalue weighted by atomic mass is 10.0. The van der Waals surface area contributed by atoms with Gasteiger partial charge in [-0.15, -0.1) is 0 Å². The molecule has 5 heteroatoms. The van der Waals surface area contributed by atoms with E-state index in [9.17, 15) is 0 Å². The predicted octanol–water partition coefficient (Wildman–Crippen LogP) is 2.91. The summed E-state index contributed by atoms with van der Waals surface area (Å²) in [5.74, 6) is 2.67. The first kappa shape index (κ1) is 20.6. The van der Waals surface area contributed by atoms with Crippen LogP contribution in [0.2, 0.25) is 0 Å². The van der Waals surface area contributed by atoms with Gasteiger partial charge in [0.05, 0.1) is 7.11 Å². The van der Waals surface area contributed by atoms with Crippen molar-refractivity contribution in [2.45, 2.75) is 39.0 Å². The number of hydrogen-bond donors (Lipinski definition) is 2. The second-order valence-corrected chi connectivity index (χ2v) is 7.28. The van der Waals surface area contributed by atoms with E-state index in [1.165, 1.54) is 50.9 Å². The summed E-state index contributed by atoms with van der Waals surface area (Å²) in [6.07, 6.45) is 6.17. The Morgan fingerprint density at radius 2 is 1.96 bits per heavy atom. The van der Waals surface area contributed by atoms with Crippen molar-refractivity contribution in [3.8, 4) is 5.75 Å². The minimum Gasteiger partial charge on any atom is -0.497 e. The molecule has 26 heavy (non-hydrogen) atoms. The Kier molecular flexibility index (Phi) is 9.32. The Labute approximate surface area is 159 Å². The number of guanidine groups is 1. The summed E-state index contributed by atoms with van der Waals surface area (Å²) in [6.45, 7) is 8.02. The molecule has 0 aliphatic carbocycles. The van der Waals surface area contributed by atoms with Crippen LogP contribution < -0.4 is 15.4 Å². The van der Waals surface area contributed by atoms with Gasteiger partial charge in [-0.2, -0.15) is 0 Å². The maximum atomic E-state index is 5.19. The summed E-state index contributed by atoms with van der Waals surface area (Å²) in [5, 5.41) is 6.81. The van der Waals surface area contributed by atoms with Gasteiger partial charge >= 0.3 is 0 Å². The Morgan fingerprint density at radius 1 is 1.19 bits per heavy atom. The van der Waals surface area contributed by atoms with Crippen molar-refractivity contribution in [2.24, 2.45) is 10.9 Å². The topological polar surface area (TPSA) is 48.9 Å². The second-order valence-electron chi connectivity index (χ2n) is 7.28. The molecule has 1 unspecified atom stereocenters. The molecule has 0 aromatic heterocycles. The molecule has 1 atom stereocenters. The molecule has 1 heterocycles. The zero-order valence-electron chi connectivity index (χ0n) is 16.8. The van der Waals surface area contributed by atoms with Crippen LogP contribution in [0.4, 0.5) is 0 Å². The highest BCUT2D eigenvalue weighted by atomic mass is 16.5. The number of methoxy groups -OCH3 is 1. The average Bonchev–Trinajstić information content (AvgIpc) is 2.67. The molecule has 1 aromatic rings. The largest absolute Gasteiger partial charge is 0.497 e. The van der Waals surface area contributed by atoms with E-state index in [1.54, 1.807) is 7.11 Å². The number of rotatable bonds is 9. The Bertz CT molecular complexity index is 529. The third kappa shape index (κ3) is 7.65. The maximum absolute atomic E-state index is 5.19. The van der Waals surface area contributed by atoms with E-state index in [4.69, 9.17) is 4.74 Å². The number of nitrogens with one attached hydrogen (secondary N) is 2. The van der Waals surface area contributed by atoms with E-state index in [-0.39, 0.29) is 0 Å². The molecule has 0 amide bonds. The molecule has 1 aromatic carbocycles. The molecule has 2 N–H and O–H groups in total. The molecule has 1 saturated heterocycles. The van der Waals surface area contributed by atoms with Gasteiger partial charge in [-0.3, -0.25) is 4.99 Å². The summed E-state index contributed by atoms with van der Waals surface area (Å²) in [5.41, 5.74) is 1.30. The molecule has 5 nitrogen and oxygen atoms in total. The van der Waals surface area contributed by atoms with Crippen molar-refractivity contribution >= 4 is 5.96 Å². The number of nitrogens with zero attached hydrogens (tertiary/aromatic N) is 2. The van der Waals surface area contributed by atoms with Gasteiger partial charge in [-0.1, -0.05) is 19.1 Å². The second kappa shape index (κ2) is 11.8. The van der Waals surface area contributed by atoms with E-state index in [2.05, 4.69) is 39.6 Å². The molecular formula is C21H36N4O. The summed E-state index contributed by atoms with van der Waals surface area (Å²) in [6, 6.07) is 8.23. The molecule has 1 aliphatic heterocycles. The Morgan fingerprint density at radius 3 is 2.65 bits per heavy atom. The van der Waals surface area contributed by atoms with Gasteiger partial charge < -0.3 is 20.3 Å². The molecule has 1 fully saturated rings. The van der Waals surface area contributed by atoms with Crippen molar-refractivity contribution in [3.63, 3.8) is 0 Å². The van der Waals surface area contributed by atoms with Crippen molar-refractivity contribution < 1.29 is 4.74 Å². The average molecular weight is 361 g/mol. The Balaban J connectivity index is 1.54. The van der Waals surface area contributed by atoms with Crippen molar-refractivity contribution in [3.05, 3.63) is 29.8 Å². The third-order valence-electron chi connectivity index (χ3n) is 5.02. The number of likely N-dealkylation sites (tertiary alicyclic amines) is 1. The van der Waals surface area contributed by atoms with Gasteiger partial charge in [-0.25, -0.2) is 0 Å². The molecule has 1 aliphatic rings. The summed E-state index contributed by atoms with van der Waals surface area (Å²) < 4.78 is 5.19. The van der Waals surface area contributed by atoms with Crippen LogP contribution in [0.5, 0.6) is 5.75 Å². The molecule has 0 saturated carbocycles. The lowest BCUT2D eigenvalue weighted by molar-refractivity contribution is 0.181. The van der Waals surface area contributed by atoms with Crippen LogP contribution in [-0.2, 0) is 6.42 Å². The van der Waals surface area contributed by atoms with E-state index < -0.39 is 0 Å². The Hall–Kier alpha value is -1.75. The van der Waals surface area contributed by atoms with Gasteiger partial charge in [0.15, 0.2) is 5.96 Å². The summed E-state index contributed by atoms with van der Waals surface area (Å²) in [7, 11) is 3.52. The molecule has 146 valence electrons. The van der Waals surface area contributed by atoms with Crippen LogP contribution in [0.15, 0.2) is 29.3 Å². The van der Waals surface area contributed by atoms with Crippen LogP contribution in [0.3, 0.4) is 0 Å². The van der Waals surface area contributed by atoms with E-state index in [1.807, 2.05) is 19.2 Å². The fourth-order valence-corrected chi connectivity index (χ4v) is 3.50. The van der Waals surface area contributed by atoms with Gasteiger partial charge in [0.25, 0.3) is 0 Å². The van der Waals surface area contributed by atoms with Crippen LogP contribution in [0.25, 0.3) is 0 Å². The van der Waals surface area contributed by atoms with Crippen LogP contribution in [0, 0.1) is 5.92 Å². The van der Waals surface area contributed by atoms with E-state index in [0.29, 0.717) is 0 Å². The fourth-order valence-electron chi connectivity index (χ4n) is 3.50. The number of aliphatic imine (C=N–C) groups is 1. The lowest BCUT2D eigenvalue weighted by Crippen LogP contribution is -2.39. The lowest BCUT2D eigenvalue weighted by Gasteiger charge is -2.30. The standard InChI is InChI=1S/C21H36N4O/c1-18-7-6-16-25(17-18)15-5-4-13-23-21(22-2)24-14-12-19-8-10-20(26-3)11-9-19/h8-11,18H,4-7,12-17H2,1-3H3,(H2,22,23,24). The molecule has 0 radical (unpaired) electrons. The molecule has 0 bridgehead atoms. The highest BCUT2D eigenvalue weighted by Gasteiger charge is 2.15. The minimum atomic E-state index is 0.871. The van der Waals surface area contributed by atoms with Crippen LogP contribution >= 0.6 is 0 Å². The maximum Gasteiger partial charge on any atom is 0.190 e. The number of benzene rings is 1. The fraction of sp³-hybridized carbons (Fsp3) is 0.667. The first-order valence-electron chi connectivity index (χ1n) is 10.0. The zero-order valence-corrected chi connectivity index (χ0v) is 16.8. The molecule has 2 rings (SSSR count). The van der Waals surface area contributed by atoms with Crippen LogP contribution in [-0.4, -0.2) is 57.7 Å². The smallest absolute Gasteiger partial charge is 0.190 e. The normalized spacial score (nSPS) is 18.6. The number of ether oxygens (including phenoxy) is 1. The SMILES string of the molecule is CN=C(NCCCCN1CCCC(C)C1)NCCc1ccc(OC)cc1. The quantitative estimate of drug-likeness (QED) is 0.404. The molecular weight excluding hydrogens is 324 g/mol. The van der Waals surface area contributed by atoms with Crippen molar-refractivity contribution in [1.82, 2.24) is 15.5 Å². The third-order valence-corrected chi connectivity index (χ3v) is 5.02. The zero-order chi connectivity index (χ0) is 18.6.